The lowest BCUT2D eigenvalue weighted by atomic mass is 10.1. The molecule has 1 aromatic carbocycles. The third kappa shape index (κ3) is 5.22. The Morgan fingerprint density at radius 1 is 0.966 bits per heavy atom. The Morgan fingerprint density at radius 3 is 2.48 bits per heavy atom. The summed E-state index contributed by atoms with van der Waals surface area (Å²) in [6.45, 7) is 3.20. The lowest BCUT2D eigenvalue weighted by Gasteiger charge is -2.28. The van der Waals surface area contributed by atoms with Crippen LogP contribution in [0.15, 0.2) is 61.2 Å². The number of nitrogens with one attached hydrogen (secondary N) is 1. The molecular weight excluding hydrogens is 360 g/mol. The van der Waals surface area contributed by atoms with E-state index in [1.807, 2.05) is 30.6 Å². The summed E-state index contributed by atoms with van der Waals surface area (Å²) < 4.78 is 0. The van der Waals surface area contributed by atoms with Crippen molar-refractivity contribution in [2.75, 3.05) is 41.8 Å². The third-order valence-corrected chi connectivity index (χ3v) is 5.39. The fourth-order valence-electron chi connectivity index (χ4n) is 3.64. The number of rotatable bonds is 7. The monoisotopic (exact) mass is 388 g/mol. The van der Waals surface area contributed by atoms with Gasteiger partial charge in [0.1, 0.15) is 18.0 Å². The number of piperidine rings is 1. The van der Waals surface area contributed by atoms with Crippen molar-refractivity contribution in [3.8, 4) is 0 Å². The van der Waals surface area contributed by atoms with Crippen molar-refractivity contribution in [1.29, 1.82) is 0 Å². The number of hydrogen-bond acceptors (Lipinski definition) is 6. The van der Waals surface area contributed by atoms with Gasteiger partial charge in [0.2, 0.25) is 0 Å². The van der Waals surface area contributed by atoms with Gasteiger partial charge in [-0.1, -0.05) is 0 Å². The number of nitrogens with zero attached hydrogens (tertiary/aromatic N) is 5. The average Bonchev–Trinajstić information content (AvgIpc) is 2.79. The van der Waals surface area contributed by atoms with Gasteiger partial charge in [0, 0.05) is 56.5 Å². The Labute approximate surface area is 172 Å². The fraction of sp³-hybridized carbons (Fsp3) is 0.348. The normalized spacial score (nSPS) is 13.9. The molecule has 0 atom stereocenters. The zero-order chi connectivity index (χ0) is 19.9. The van der Waals surface area contributed by atoms with Crippen LogP contribution in [0.2, 0.25) is 0 Å². The summed E-state index contributed by atoms with van der Waals surface area (Å²) in [5.74, 6) is 1.71. The summed E-state index contributed by atoms with van der Waals surface area (Å²) >= 11 is 0. The standard InChI is InChI=1S/C23H28N6/c1-28(16-11-19-9-12-24-13-10-19)23-17-22(25-18-26-23)27-20-5-7-21(8-6-20)29-14-3-2-4-15-29/h5-10,12-13,17-18H,2-4,11,14-16H2,1H3,(H,25,26,27). The van der Waals surface area contributed by atoms with Crippen molar-refractivity contribution in [3.63, 3.8) is 0 Å². The van der Waals surface area contributed by atoms with E-state index in [2.05, 4.69) is 61.4 Å². The molecule has 0 aliphatic carbocycles. The quantitative estimate of drug-likeness (QED) is 0.652. The molecule has 150 valence electrons. The fourth-order valence-corrected chi connectivity index (χ4v) is 3.64. The van der Waals surface area contributed by atoms with Gasteiger partial charge in [-0.05, 0) is 67.6 Å². The van der Waals surface area contributed by atoms with Gasteiger partial charge in [0.05, 0.1) is 0 Å². The van der Waals surface area contributed by atoms with Crippen LogP contribution in [0.4, 0.5) is 23.0 Å². The molecule has 29 heavy (non-hydrogen) atoms. The summed E-state index contributed by atoms with van der Waals surface area (Å²) in [5.41, 5.74) is 3.61. The lowest BCUT2D eigenvalue weighted by molar-refractivity contribution is 0.578. The van der Waals surface area contributed by atoms with E-state index in [0.29, 0.717) is 0 Å². The highest BCUT2D eigenvalue weighted by Crippen LogP contribution is 2.24. The molecule has 1 saturated heterocycles. The topological polar surface area (TPSA) is 57.2 Å². The SMILES string of the molecule is CN(CCc1ccncc1)c1cc(Nc2ccc(N3CCCCC3)cc2)ncn1. The van der Waals surface area contributed by atoms with Crippen LogP contribution in [0.25, 0.3) is 0 Å². The molecule has 1 fully saturated rings. The molecule has 0 radical (unpaired) electrons. The second kappa shape index (κ2) is 9.37. The van der Waals surface area contributed by atoms with Gasteiger partial charge < -0.3 is 15.1 Å². The smallest absolute Gasteiger partial charge is 0.135 e. The molecule has 1 N–H and O–H groups in total. The van der Waals surface area contributed by atoms with E-state index < -0.39 is 0 Å². The number of hydrogen-bond donors (Lipinski definition) is 1. The number of anilines is 4. The van der Waals surface area contributed by atoms with Crippen molar-refractivity contribution < 1.29 is 0 Å². The van der Waals surface area contributed by atoms with Crippen LogP contribution in [-0.2, 0) is 6.42 Å². The van der Waals surface area contributed by atoms with Gasteiger partial charge in [-0.3, -0.25) is 4.98 Å². The van der Waals surface area contributed by atoms with Crippen LogP contribution < -0.4 is 15.1 Å². The molecule has 2 aromatic heterocycles. The first-order chi connectivity index (χ1) is 14.3. The van der Waals surface area contributed by atoms with E-state index >= 15 is 0 Å². The second-order valence-electron chi connectivity index (χ2n) is 7.51. The first-order valence-electron chi connectivity index (χ1n) is 10.3. The Morgan fingerprint density at radius 2 is 1.72 bits per heavy atom. The minimum Gasteiger partial charge on any atom is -0.372 e. The first-order valence-corrected chi connectivity index (χ1v) is 10.3. The van der Waals surface area contributed by atoms with E-state index in [1.165, 1.54) is 30.5 Å². The predicted octanol–water partition coefficient (Wildman–Crippen LogP) is 4.28. The molecule has 4 rings (SSSR count). The van der Waals surface area contributed by atoms with Gasteiger partial charge in [-0.25, -0.2) is 9.97 Å². The van der Waals surface area contributed by atoms with Crippen LogP contribution in [0.5, 0.6) is 0 Å². The molecule has 3 aromatic rings. The summed E-state index contributed by atoms with van der Waals surface area (Å²) in [6.07, 6.45) is 10.2. The summed E-state index contributed by atoms with van der Waals surface area (Å²) in [6, 6.07) is 14.7. The third-order valence-electron chi connectivity index (χ3n) is 5.39. The maximum Gasteiger partial charge on any atom is 0.135 e. The van der Waals surface area contributed by atoms with Crippen LogP contribution in [0.1, 0.15) is 24.8 Å². The molecule has 1 aliphatic heterocycles. The highest BCUT2D eigenvalue weighted by molar-refractivity contribution is 5.62. The Bertz CT molecular complexity index is 891. The summed E-state index contributed by atoms with van der Waals surface area (Å²) in [7, 11) is 2.06. The van der Waals surface area contributed by atoms with Crippen molar-refractivity contribution in [1.82, 2.24) is 15.0 Å². The number of pyridine rings is 1. The van der Waals surface area contributed by atoms with Gasteiger partial charge in [-0.2, -0.15) is 0 Å². The van der Waals surface area contributed by atoms with Crippen LogP contribution in [-0.4, -0.2) is 41.6 Å². The van der Waals surface area contributed by atoms with Gasteiger partial charge in [0.15, 0.2) is 0 Å². The minimum atomic E-state index is 0.802. The maximum atomic E-state index is 4.42. The second-order valence-corrected chi connectivity index (χ2v) is 7.51. The van der Waals surface area contributed by atoms with Crippen LogP contribution >= 0.6 is 0 Å². The number of likely N-dealkylation sites (N-methyl/N-ethyl adjacent to an activating group) is 1. The van der Waals surface area contributed by atoms with Gasteiger partial charge >= 0.3 is 0 Å². The summed E-state index contributed by atoms with van der Waals surface area (Å²) in [5, 5.41) is 3.40. The van der Waals surface area contributed by atoms with E-state index in [0.717, 1.165) is 43.4 Å². The minimum absolute atomic E-state index is 0.802. The highest BCUT2D eigenvalue weighted by Gasteiger charge is 2.11. The Hall–Kier alpha value is -3.15. The number of aromatic nitrogens is 3. The van der Waals surface area contributed by atoms with E-state index in [1.54, 1.807) is 6.33 Å². The van der Waals surface area contributed by atoms with Crippen LogP contribution in [0.3, 0.4) is 0 Å². The van der Waals surface area contributed by atoms with Crippen molar-refractivity contribution >= 4 is 23.0 Å². The molecule has 0 spiro atoms. The first kappa shape index (κ1) is 19.2. The molecule has 0 unspecified atom stereocenters. The zero-order valence-electron chi connectivity index (χ0n) is 17.0. The Balaban J connectivity index is 1.36. The molecule has 6 nitrogen and oxygen atoms in total. The number of benzene rings is 1. The predicted molar refractivity (Wildman–Crippen MR) is 119 cm³/mol. The molecule has 3 heterocycles. The molecular formula is C23H28N6. The molecule has 1 aliphatic rings. The van der Waals surface area contributed by atoms with E-state index in [9.17, 15) is 0 Å². The van der Waals surface area contributed by atoms with Gasteiger partial charge in [-0.15, -0.1) is 0 Å². The van der Waals surface area contributed by atoms with Crippen molar-refractivity contribution in [2.24, 2.45) is 0 Å². The molecule has 0 bridgehead atoms. The van der Waals surface area contributed by atoms with Gasteiger partial charge in [0.25, 0.3) is 0 Å². The van der Waals surface area contributed by atoms with Crippen molar-refractivity contribution in [3.05, 3.63) is 66.7 Å². The molecule has 0 amide bonds. The zero-order valence-corrected chi connectivity index (χ0v) is 17.0. The van der Waals surface area contributed by atoms with E-state index in [-0.39, 0.29) is 0 Å². The average molecular weight is 389 g/mol. The highest BCUT2D eigenvalue weighted by atomic mass is 15.2. The summed E-state index contributed by atoms with van der Waals surface area (Å²) in [4.78, 5) is 17.5. The Kier molecular flexibility index (Phi) is 6.19. The molecule has 6 heteroatoms. The largest absolute Gasteiger partial charge is 0.372 e. The molecule has 0 saturated carbocycles. The maximum absolute atomic E-state index is 4.42. The van der Waals surface area contributed by atoms with Crippen molar-refractivity contribution in [2.45, 2.75) is 25.7 Å². The van der Waals surface area contributed by atoms with E-state index in [4.69, 9.17) is 0 Å². The van der Waals surface area contributed by atoms with Crippen LogP contribution in [0, 0.1) is 0 Å². The lowest BCUT2D eigenvalue weighted by Crippen LogP contribution is -2.29.